The Morgan fingerprint density at radius 3 is 2.73 bits per heavy atom. The van der Waals surface area contributed by atoms with Crippen molar-refractivity contribution in [3.05, 3.63) is 41.8 Å². The van der Waals surface area contributed by atoms with Gasteiger partial charge in [0.1, 0.15) is 6.26 Å². The van der Waals surface area contributed by atoms with Gasteiger partial charge in [0.05, 0.1) is 5.69 Å². The number of aryl methyl sites for hydroxylation is 1. The second-order valence-corrected chi connectivity index (χ2v) is 4.95. The molecule has 0 saturated carbocycles. The van der Waals surface area contributed by atoms with Crippen LogP contribution in [0.2, 0.25) is 0 Å². The maximum absolute atomic E-state index is 5.73. The molecule has 0 aliphatic heterocycles. The van der Waals surface area contributed by atoms with Crippen LogP contribution >= 0.6 is 24.0 Å². The Morgan fingerprint density at radius 1 is 1.32 bits per heavy atom. The van der Waals surface area contributed by atoms with Crippen LogP contribution in [0.3, 0.4) is 0 Å². The summed E-state index contributed by atoms with van der Waals surface area (Å²) in [5.41, 5.74) is 8.84. The quantitative estimate of drug-likeness (QED) is 0.433. The van der Waals surface area contributed by atoms with E-state index in [2.05, 4.69) is 29.1 Å². The molecule has 22 heavy (non-hydrogen) atoms. The summed E-state index contributed by atoms with van der Waals surface area (Å²) >= 11 is 0. The minimum absolute atomic E-state index is 0. The maximum Gasteiger partial charge on any atom is 0.226 e. The van der Waals surface area contributed by atoms with Gasteiger partial charge in [-0.15, -0.1) is 24.0 Å². The molecular weight excluding hydrogens is 391 g/mol. The Balaban J connectivity index is 0.00000242. The van der Waals surface area contributed by atoms with E-state index >= 15 is 0 Å². The molecule has 0 amide bonds. The van der Waals surface area contributed by atoms with Crippen molar-refractivity contribution in [3.8, 4) is 11.5 Å². The summed E-state index contributed by atoms with van der Waals surface area (Å²) in [4.78, 5) is 8.66. The molecule has 0 atom stereocenters. The number of nitrogens with one attached hydrogen (secondary N) is 1. The van der Waals surface area contributed by atoms with Gasteiger partial charge in [-0.05, 0) is 25.5 Å². The number of aromatic nitrogens is 1. The Morgan fingerprint density at radius 2 is 2.05 bits per heavy atom. The second-order valence-electron chi connectivity index (χ2n) is 4.95. The zero-order valence-electron chi connectivity index (χ0n) is 13.0. The summed E-state index contributed by atoms with van der Waals surface area (Å²) in [5.74, 6) is 1.14. The van der Waals surface area contributed by atoms with Gasteiger partial charge in [0, 0.05) is 25.1 Å². The molecule has 0 aliphatic rings. The highest BCUT2D eigenvalue weighted by molar-refractivity contribution is 14.0. The van der Waals surface area contributed by atoms with Crippen LogP contribution in [0, 0.1) is 6.92 Å². The first-order valence-electron chi connectivity index (χ1n) is 7.24. The third-order valence-electron chi connectivity index (χ3n) is 3.04. The lowest BCUT2D eigenvalue weighted by Gasteiger charge is -2.03. The lowest BCUT2D eigenvalue weighted by atomic mass is 10.1. The van der Waals surface area contributed by atoms with Crippen LogP contribution in [0.25, 0.3) is 11.5 Å². The van der Waals surface area contributed by atoms with Gasteiger partial charge in [-0.3, -0.25) is 4.99 Å². The summed E-state index contributed by atoms with van der Waals surface area (Å²) < 4.78 is 5.51. The fourth-order valence-corrected chi connectivity index (χ4v) is 1.86. The smallest absolute Gasteiger partial charge is 0.226 e. The molecule has 2 aromatic rings. The number of rotatable bonds is 6. The minimum atomic E-state index is 0. The van der Waals surface area contributed by atoms with Crippen LogP contribution in [-0.4, -0.2) is 24.0 Å². The molecule has 0 radical (unpaired) electrons. The van der Waals surface area contributed by atoms with E-state index in [1.165, 1.54) is 5.56 Å². The number of hydrogen-bond acceptors (Lipinski definition) is 3. The first-order valence-corrected chi connectivity index (χ1v) is 7.24. The number of oxazole rings is 1. The number of aliphatic imine (C=N–C) groups is 1. The second kappa shape index (κ2) is 9.45. The maximum atomic E-state index is 5.73. The molecule has 2 rings (SSSR count). The van der Waals surface area contributed by atoms with Crippen LogP contribution in [0.5, 0.6) is 0 Å². The summed E-state index contributed by atoms with van der Waals surface area (Å²) in [6.07, 6.45) is 3.43. The van der Waals surface area contributed by atoms with E-state index in [0.717, 1.165) is 30.6 Å². The Bertz CT molecular complexity index is 592. The average Bonchev–Trinajstić information content (AvgIpc) is 2.95. The zero-order valence-corrected chi connectivity index (χ0v) is 15.3. The van der Waals surface area contributed by atoms with E-state index < -0.39 is 0 Å². The molecule has 3 N–H and O–H groups in total. The average molecular weight is 414 g/mol. The SMILES string of the molecule is CCCN=C(N)NCCc1coc(-c2ccc(C)cc2)n1.I. The largest absolute Gasteiger partial charge is 0.444 e. The fraction of sp³-hybridized carbons (Fsp3) is 0.375. The first-order chi connectivity index (χ1) is 10.2. The topological polar surface area (TPSA) is 76.4 Å². The molecule has 120 valence electrons. The van der Waals surface area contributed by atoms with E-state index in [0.29, 0.717) is 18.4 Å². The molecule has 0 bridgehead atoms. The molecule has 0 spiro atoms. The van der Waals surface area contributed by atoms with E-state index in [9.17, 15) is 0 Å². The van der Waals surface area contributed by atoms with E-state index in [1.54, 1.807) is 6.26 Å². The summed E-state index contributed by atoms with van der Waals surface area (Å²) in [6.45, 7) is 5.57. The van der Waals surface area contributed by atoms with Gasteiger partial charge < -0.3 is 15.5 Å². The fourth-order valence-electron chi connectivity index (χ4n) is 1.86. The molecule has 5 nitrogen and oxygen atoms in total. The van der Waals surface area contributed by atoms with Crippen molar-refractivity contribution < 1.29 is 4.42 Å². The molecule has 0 fully saturated rings. The van der Waals surface area contributed by atoms with Gasteiger partial charge in [0.25, 0.3) is 0 Å². The summed E-state index contributed by atoms with van der Waals surface area (Å²) in [6, 6.07) is 8.12. The van der Waals surface area contributed by atoms with Crippen molar-refractivity contribution >= 4 is 29.9 Å². The molecule has 0 unspecified atom stereocenters. The van der Waals surface area contributed by atoms with E-state index in [4.69, 9.17) is 10.2 Å². The number of hydrogen-bond donors (Lipinski definition) is 2. The highest BCUT2D eigenvalue weighted by Gasteiger charge is 2.06. The molecule has 6 heteroatoms. The van der Waals surface area contributed by atoms with Gasteiger partial charge in [-0.25, -0.2) is 4.98 Å². The number of halogens is 1. The molecule has 1 aromatic carbocycles. The molecular formula is C16H23IN4O. The van der Waals surface area contributed by atoms with Crippen LogP contribution in [0.4, 0.5) is 0 Å². The number of nitrogens with two attached hydrogens (primary N) is 1. The Hall–Kier alpha value is -1.57. The van der Waals surface area contributed by atoms with Crippen LogP contribution < -0.4 is 11.1 Å². The highest BCUT2D eigenvalue weighted by atomic mass is 127. The molecule has 0 saturated heterocycles. The third kappa shape index (κ3) is 5.67. The van der Waals surface area contributed by atoms with E-state index in [-0.39, 0.29) is 24.0 Å². The van der Waals surface area contributed by atoms with Crippen LogP contribution in [0.1, 0.15) is 24.6 Å². The number of nitrogens with zero attached hydrogens (tertiary/aromatic N) is 2. The van der Waals surface area contributed by atoms with Crippen molar-refractivity contribution in [2.24, 2.45) is 10.7 Å². The van der Waals surface area contributed by atoms with Gasteiger partial charge in [-0.1, -0.05) is 24.6 Å². The van der Waals surface area contributed by atoms with Crippen molar-refractivity contribution in [3.63, 3.8) is 0 Å². The molecule has 1 heterocycles. The van der Waals surface area contributed by atoms with Crippen LogP contribution in [0.15, 0.2) is 39.9 Å². The normalized spacial score (nSPS) is 11.1. The highest BCUT2D eigenvalue weighted by Crippen LogP contribution is 2.19. The molecule has 0 aliphatic carbocycles. The van der Waals surface area contributed by atoms with Crippen molar-refractivity contribution in [2.75, 3.05) is 13.1 Å². The monoisotopic (exact) mass is 414 g/mol. The van der Waals surface area contributed by atoms with Gasteiger partial charge in [0.15, 0.2) is 5.96 Å². The van der Waals surface area contributed by atoms with Crippen molar-refractivity contribution in [1.82, 2.24) is 10.3 Å². The van der Waals surface area contributed by atoms with E-state index in [1.807, 2.05) is 24.3 Å². The molecule has 1 aromatic heterocycles. The number of benzene rings is 1. The minimum Gasteiger partial charge on any atom is -0.444 e. The summed E-state index contributed by atoms with van der Waals surface area (Å²) in [7, 11) is 0. The standard InChI is InChI=1S/C16H22N4O.HI/c1-3-9-18-16(17)19-10-8-14-11-21-15(20-14)13-6-4-12(2)5-7-13;/h4-7,11H,3,8-10H2,1-2H3,(H3,17,18,19);1H. The zero-order chi connectivity index (χ0) is 15.1. The Labute approximate surface area is 148 Å². The lowest BCUT2D eigenvalue weighted by Crippen LogP contribution is -2.33. The van der Waals surface area contributed by atoms with Crippen molar-refractivity contribution in [2.45, 2.75) is 26.7 Å². The lowest BCUT2D eigenvalue weighted by molar-refractivity contribution is 0.572. The number of guanidine groups is 1. The predicted molar refractivity (Wildman–Crippen MR) is 101 cm³/mol. The predicted octanol–water partition coefficient (Wildman–Crippen LogP) is 3.12. The van der Waals surface area contributed by atoms with Gasteiger partial charge >= 0.3 is 0 Å². The van der Waals surface area contributed by atoms with Gasteiger partial charge in [-0.2, -0.15) is 0 Å². The van der Waals surface area contributed by atoms with Crippen LogP contribution in [-0.2, 0) is 6.42 Å². The first kappa shape index (κ1) is 18.5. The third-order valence-corrected chi connectivity index (χ3v) is 3.04. The summed E-state index contributed by atoms with van der Waals surface area (Å²) in [5, 5.41) is 3.07. The Kier molecular flexibility index (Phi) is 7.94. The van der Waals surface area contributed by atoms with Crippen molar-refractivity contribution in [1.29, 1.82) is 0 Å². The van der Waals surface area contributed by atoms with Gasteiger partial charge in [0.2, 0.25) is 5.89 Å².